The molecule has 0 aliphatic heterocycles. The third-order valence-electron chi connectivity index (χ3n) is 4.27. The molecular weight excluding hydrogens is 410 g/mol. The molecule has 0 fully saturated rings. The summed E-state index contributed by atoms with van der Waals surface area (Å²) >= 11 is 4.98. The second-order valence-electron chi connectivity index (χ2n) is 6.20. The van der Waals surface area contributed by atoms with E-state index < -0.39 is 0 Å². The van der Waals surface area contributed by atoms with Crippen LogP contribution >= 0.6 is 27.7 Å². The van der Waals surface area contributed by atoms with E-state index in [1.165, 1.54) is 16.5 Å². The highest BCUT2D eigenvalue weighted by atomic mass is 79.9. The number of pyridine rings is 2. The number of benzene rings is 1. The fraction of sp³-hybridized carbons (Fsp3) is 0.150. The maximum atomic E-state index is 12.3. The predicted octanol–water partition coefficient (Wildman–Crippen LogP) is 4.91. The van der Waals surface area contributed by atoms with E-state index in [0.717, 1.165) is 20.7 Å². The summed E-state index contributed by atoms with van der Waals surface area (Å²) in [6, 6.07) is 13.6. The molecule has 0 bridgehead atoms. The molecule has 26 heavy (non-hydrogen) atoms. The Balaban J connectivity index is 1.66. The molecule has 4 aromatic rings. The van der Waals surface area contributed by atoms with Crippen LogP contribution in [0.4, 0.5) is 0 Å². The van der Waals surface area contributed by atoms with Crippen molar-refractivity contribution in [1.29, 1.82) is 0 Å². The Bertz CT molecular complexity index is 1200. The van der Waals surface area contributed by atoms with E-state index in [-0.39, 0.29) is 5.56 Å². The number of aromatic nitrogens is 3. The summed E-state index contributed by atoms with van der Waals surface area (Å²) in [6.07, 6.45) is 1.73. The van der Waals surface area contributed by atoms with Crippen LogP contribution in [0.5, 0.6) is 0 Å². The fourth-order valence-corrected chi connectivity index (χ4v) is 4.15. The van der Waals surface area contributed by atoms with Crippen molar-refractivity contribution in [1.82, 2.24) is 14.4 Å². The Morgan fingerprint density at radius 3 is 2.77 bits per heavy atom. The van der Waals surface area contributed by atoms with Gasteiger partial charge in [0.1, 0.15) is 5.65 Å². The van der Waals surface area contributed by atoms with Gasteiger partial charge in [0.2, 0.25) is 0 Å². The molecule has 4 rings (SSSR count). The first-order valence-corrected chi connectivity index (χ1v) is 9.97. The number of hydrogen-bond donors (Lipinski definition) is 0. The largest absolute Gasteiger partial charge is 0.269 e. The van der Waals surface area contributed by atoms with Crippen molar-refractivity contribution in [2.45, 2.75) is 24.6 Å². The molecule has 0 N–H and O–H groups in total. The average molecular weight is 426 g/mol. The minimum atomic E-state index is -0.0783. The van der Waals surface area contributed by atoms with E-state index in [1.807, 2.05) is 12.1 Å². The quantitative estimate of drug-likeness (QED) is 0.437. The highest BCUT2D eigenvalue weighted by Crippen LogP contribution is 2.27. The molecule has 0 atom stereocenters. The maximum Gasteiger partial charge on any atom is 0.258 e. The smallest absolute Gasteiger partial charge is 0.258 e. The average Bonchev–Trinajstić information content (AvgIpc) is 2.61. The van der Waals surface area contributed by atoms with E-state index in [4.69, 9.17) is 4.98 Å². The van der Waals surface area contributed by atoms with Crippen LogP contribution in [-0.2, 0) is 5.75 Å². The monoisotopic (exact) mass is 425 g/mol. The number of hydrogen-bond acceptors (Lipinski definition) is 4. The third kappa shape index (κ3) is 3.27. The summed E-state index contributed by atoms with van der Waals surface area (Å²) in [5.74, 6) is 0.603. The number of para-hydroxylation sites is 1. The summed E-state index contributed by atoms with van der Waals surface area (Å²) in [6.45, 7) is 4.18. The summed E-state index contributed by atoms with van der Waals surface area (Å²) in [5.41, 5.74) is 4.73. The maximum absolute atomic E-state index is 12.3. The standard InChI is InChI=1S/C20H16BrN3OS/c1-12-4-3-5-16-13(2)8-18(23-20(12)16)26-11-15-9-19(25)24-10-14(21)6-7-17(24)22-15/h3-10H,11H2,1-2H3. The molecule has 0 aliphatic carbocycles. The molecule has 4 nitrogen and oxygen atoms in total. The molecule has 0 spiro atoms. The Labute approximate surface area is 163 Å². The molecule has 0 saturated carbocycles. The van der Waals surface area contributed by atoms with Gasteiger partial charge in [-0.15, -0.1) is 0 Å². The van der Waals surface area contributed by atoms with Crippen LogP contribution in [0.25, 0.3) is 16.6 Å². The van der Waals surface area contributed by atoms with Gasteiger partial charge in [0.05, 0.1) is 16.2 Å². The number of nitrogens with zero attached hydrogens (tertiary/aromatic N) is 3. The van der Waals surface area contributed by atoms with Gasteiger partial charge in [-0.25, -0.2) is 9.97 Å². The Morgan fingerprint density at radius 1 is 1.08 bits per heavy atom. The number of halogens is 1. The first-order valence-electron chi connectivity index (χ1n) is 8.19. The normalized spacial score (nSPS) is 11.3. The molecule has 3 aromatic heterocycles. The van der Waals surface area contributed by atoms with Gasteiger partial charge in [-0.1, -0.05) is 30.0 Å². The van der Waals surface area contributed by atoms with Gasteiger partial charge in [0.25, 0.3) is 5.56 Å². The topological polar surface area (TPSA) is 47.3 Å². The van der Waals surface area contributed by atoms with E-state index in [2.05, 4.69) is 59.0 Å². The Kier molecular flexibility index (Phi) is 4.54. The molecule has 3 heterocycles. The van der Waals surface area contributed by atoms with Gasteiger partial charge in [-0.2, -0.15) is 0 Å². The Morgan fingerprint density at radius 2 is 1.92 bits per heavy atom. The van der Waals surface area contributed by atoms with Crippen molar-refractivity contribution in [3.8, 4) is 0 Å². The van der Waals surface area contributed by atoms with Crippen molar-refractivity contribution in [2.75, 3.05) is 0 Å². The van der Waals surface area contributed by atoms with Crippen LogP contribution in [0.15, 0.2) is 63.0 Å². The number of fused-ring (bicyclic) bond motifs is 2. The van der Waals surface area contributed by atoms with Gasteiger partial charge in [0.15, 0.2) is 0 Å². The lowest BCUT2D eigenvalue weighted by atomic mass is 10.1. The number of aryl methyl sites for hydroxylation is 2. The zero-order chi connectivity index (χ0) is 18.3. The van der Waals surface area contributed by atoms with Crippen molar-refractivity contribution >= 4 is 44.2 Å². The molecule has 0 aliphatic rings. The van der Waals surface area contributed by atoms with Crippen LogP contribution < -0.4 is 5.56 Å². The van der Waals surface area contributed by atoms with Gasteiger partial charge >= 0.3 is 0 Å². The van der Waals surface area contributed by atoms with Crippen LogP contribution in [0, 0.1) is 13.8 Å². The van der Waals surface area contributed by atoms with E-state index in [1.54, 1.807) is 28.4 Å². The molecule has 130 valence electrons. The minimum absolute atomic E-state index is 0.0783. The van der Waals surface area contributed by atoms with Gasteiger partial charge < -0.3 is 0 Å². The summed E-state index contributed by atoms with van der Waals surface area (Å²) < 4.78 is 2.39. The first-order chi connectivity index (χ1) is 12.5. The number of thioether (sulfide) groups is 1. The summed E-state index contributed by atoms with van der Waals surface area (Å²) in [7, 11) is 0. The van der Waals surface area contributed by atoms with Crippen molar-refractivity contribution < 1.29 is 0 Å². The van der Waals surface area contributed by atoms with Gasteiger partial charge in [-0.3, -0.25) is 9.20 Å². The molecule has 0 unspecified atom stereocenters. The minimum Gasteiger partial charge on any atom is -0.269 e. The third-order valence-corrected chi connectivity index (χ3v) is 5.68. The molecule has 0 radical (unpaired) electrons. The first kappa shape index (κ1) is 17.2. The molecule has 0 amide bonds. The van der Waals surface area contributed by atoms with E-state index in [0.29, 0.717) is 11.4 Å². The second kappa shape index (κ2) is 6.85. The van der Waals surface area contributed by atoms with Crippen LogP contribution in [0.1, 0.15) is 16.8 Å². The molecular formula is C20H16BrN3OS. The van der Waals surface area contributed by atoms with E-state index >= 15 is 0 Å². The SMILES string of the molecule is Cc1cc(SCc2cc(=O)n3cc(Br)ccc3n2)nc2c(C)cccc12. The lowest BCUT2D eigenvalue weighted by Crippen LogP contribution is -2.15. The van der Waals surface area contributed by atoms with Gasteiger partial charge in [0, 0.05) is 27.9 Å². The van der Waals surface area contributed by atoms with Gasteiger partial charge in [-0.05, 0) is 59.1 Å². The number of rotatable bonds is 3. The molecule has 6 heteroatoms. The molecule has 1 aromatic carbocycles. The Hall–Kier alpha value is -2.18. The lowest BCUT2D eigenvalue weighted by molar-refractivity contribution is 1.01. The summed E-state index contributed by atoms with van der Waals surface area (Å²) in [4.78, 5) is 21.7. The zero-order valence-electron chi connectivity index (χ0n) is 14.4. The summed E-state index contributed by atoms with van der Waals surface area (Å²) in [5, 5.41) is 2.13. The second-order valence-corrected chi connectivity index (χ2v) is 8.11. The highest BCUT2D eigenvalue weighted by molar-refractivity contribution is 9.10. The lowest BCUT2D eigenvalue weighted by Gasteiger charge is -2.08. The van der Waals surface area contributed by atoms with Crippen molar-refractivity contribution in [3.63, 3.8) is 0 Å². The van der Waals surface area contributed by atoms with Crippen molar-refractivity contribution in [3.05, 3.63) is 80.3 Å². The van der Waals surface area contributed by atoms with Crippen LogP contribution in [-0.4, -0.2) is 14.4 Å². The van der Waals surface area contributed by atoms with Crippen LogP contribution in [0.3, 0.4) is 0 Å². The fourth-order valence-electron chi connectivity index (χ4n) is 2.95. The van der Waals surface area contributed by atoms with Crippen LogP contribution in [0.2, 0.25) is 0 Å². The zero-order valence-corrected chi connectivity index (χ0v) is 16.8. The van der Waals surface area contributed by atoms with E-state index in [9.17, 15) is 4.79 Å². The molecule has 0 saturated heterocycles. The highest BCUT2D eigenvalue weighted by Gasteiger charge is 2.08. The van der Waals surface area contributed by atoms with Crippen molar-refractivity contribution in [2.24, 2.45) is 0 Å². The predicted molar refractivity (Wildman–Crippen MR) is 110 cm³/mol.